The maximum absolute atomic E-state index is 13.1. The molecule has 0 heterocycles. The molecule has 0 saturated heterocycles. The fraction of sp³-hybridized carbons (Fsp3) is 0.364. The van der Waals surface area contributed by atoms with E-state index in [-0.39, 0.29) is 12.2 Å². The Morgan fingerprint density at radius 3 is 2.69 bits per heavy atom. The van der Waals surface area contributed by atoms with Gasteiger partial charge in [-0.2, -0.15) is 0 Å². The van der Waals surface area contributed by atoms with Crippen LogP contribution in [-0.2, 0) is 16.0 Å². The van der Waals surface area contributed by atoms with Gasteiger partial charge in [-0.3, -0.25) is 0 Å². The monoisotopic (exact) mass is 228 g/mol. The van der Waals surface area contributed by atoms with E-state index in [9.17, 15) is 9.18 Å². The number of carboxylic acid groups (broad SMARTS) is 1. The van der Waals surface area contributed by atoms with Crippen molar-refractivity contribution in [3.63, 3.8) is 0 Å². The molecule has 0 fully saturated rings. The first-order valence-electron chi connectivity index (χ1n) is 4.66. The number of methoxy groups -OCH3 is 2. The molecule has 0 aliphatic rings. The largest absolute Gasteiger partial charge is 0.494 e. The average Bonchev–Trinajstić information content (AvgIpc) is 2.27. The number of hydrogen-bond acceptors (Lipinski definition) is 3. The Bertz CT molecular complexity index is 378. The second-order valence-electron chi connectivity index (χ2n) is 3.24. The first kappa shape index (κ1) is 12.4. The summed E-state index contributed by atoms with van der Waals surface area (Å²) in [5.74, 6) is -1.43. The number of benzene rings is 1. The number of aliphatic carboxylic acids is 1. The molecular weight excluding hydrogens is 215 g/mol. The van der Waals surface area contributed by atoms with Crippen molar-refractivity contribution in [1.29, 1.82) is 0 Å². The quantitative estimate of drug-likeness (QED) is 0.829. The van der Waals surface area contributed by atoms with E-state index < -0.39 is 17.9 Å². The van der Waals surface area contributed by atoms with Crippen molar-refractivity contribution in [1.82, 2.24) is 0 Å². The van der Waals surface area contributed by atoms with Crippen LogP contribution in [0.4, 0.5) is 4.39 Å². The molecule has 0 radical (unpaired) electrons. The van der Waals surface area contributed by atoms with Gasteiger partial charge in [0.1, 0.15) is 0 Å². The number of halogens is 1. The lowest BCUT2D eigenvalue weighted by atomic mass is 10.1. The van der Waals surface area contributed by atoms with Crippen molar-refractivity contribution < 1.29 is 23.8 Å². The Morgan fingerprint density at radius 1 is 1.50 bits per heavy atom. The van der Waals surface area contributed by atoms with Gasteiger partial charge in [0.25, 0.3) is 0 Å². The minimum Gasteiger partial charge on any atom is -0.494 e. The van der Waals surface area contributed by atoms with Crippen molar-refractivity contribution in [2.45, 2.75) is 12.5 Å². The van der Waals surface area contributed by atoms with Crippen molar-refractivity contribution in [3.8, 4) is 5.75 Å². The summed E-state index contributed by atoms with van der Waals surface area (Å²) in [4.78, 5) is 10.7. The highest BCUT2D eigenvalue weighted by Crippen LogP contribution is 2.19. The molecule has 1 aromatic rings. The lowest BCUT2D eigenvalue weighted by Crippen LogP contribution is -2.24. The van der Waals surface area contributed by atoms with E-state index >= 15 is 0 Å². The standard InChI is InChI=1S/C11H13FO4/c1-15-9-5-7(3-4-8(9)12)6-10(16-2)11(13)14/h3-5,10H,6H2,1-2H3,(H,13,14). The van der Waals surface area contributed by atoms with Gasteiger partial charge < -0.3 is 14.6 Å². The number of rotatable bonds is 5. The fourth-order valence-corrected chi connectivity index (χ4v) is 1.32. The van der Waals surface area contributed by atoms with Gasteiger partial charge in [0.05, 0.1) is 7.11 Å². The van der Waals surface area contributed by atoms with Crippen LogP contribution < -0.4 is 4.74 Å². The van der Waals surface area contributed by atoms with Crippen molar-refractivity contribution in [2.24, 2.45) is 0 Å². The SMILES string of the molecule is COc1cc(CC(OC)C(=O)O)ccc1F. The summed E-state index contributed by atoms with van der Waals surface area (Å²) in [6, 6.07) is 4.21. The van der Waals surface area contributed by atoms with Crippen LogP contribution in [0.3, 0.4) is 0 Å². The van der Waals surface area contributed by atoms with Crippen LogP contribution in [0.25, 0.3) is 0 Å². The molecule has 4 nitrogen and oxygen atoms in total. The smallest absolute Gasteiger partial charge is 0.333 e. The predicted octanol–water partition coefficient (Wildman–Crippen LogP) is 1.48. The lowest BCUT2D eigenvalue weighted by Gasteiger charge is -2.11. The summed E-state index contributed by atoms with van der Waals surface area (Å²) in [5.41, 5.74) is 0.646. The van der Waals surface area contributed by atoms with Crippen LogP contribution >= 0.6 is 0 Å². The van der Waals surface area contributed by atoms with Crippen LogP contribution in [0.1, 0.15) is 5.56 Å². The summed E-state index contributed by atoms with van der Waals surface area (Å²) in [6.07, 6.45) is -0.766. The number of carboxylic acids is 1. The van der Waals surface area contributed by atoms with E-state index in [0.717, 1.165) is 0 Å². The molecule has 1 rings (SSSR count). The first-order valence-corrected chi connectivity index (χ1v) is 4.66. The molecule has 16 heavy (non-hydrogen) atoms. The van der Waals surface area contributed by atoms with Crippen LogP contribution in [0.2, 0.25) is 0 Å². The van der Waals surface area contributed by atoms with Crippen LogP contribution in [0, 0.1) is 5.82 Å². The van der Waals surface area contributed by atoms with Gasteiger partial charge in [-0.05, 0) is 17.7 Å². The van der Waals surface area contributed by atoms with Gasteiger partial charge in [-0.15, -0.1) is 0 Å². The van der Waals surface area contributed by atoms with E-state index in [1.165, 1.54) is 32.4 Å². The van der Waals surface area contributed by atoms with Crippen LogP contribution in [0.15, 0.2) is 18.2 Å². The molecule has 88 valence electrons. The van der Waals surface area contributed by atoms with Gasteiger partial charge in [0.2, 0.25) is 0 Å². The zero-order chi connectivity index (χ0) is 12.1. The lowest BCUT2D eigenvalue weighted by molar-refractivity contribution is -0.148. The highest BCUT2D eigenvalue weighted by Gasteiger charge is 2.17. The zero-order valence-electron chi connectivity index (χ0n) is 9.07. The van der Waals surface area contributed by atoms with E-state index in [1.54, 1.807) is 0 Å². The Hall–Kier alpha value is -1.62. The Kier molecular flexibility index (Phi) is 4.25. The summed E-state index contributed by atoms with van der Waals surface area (Å²) < 4.78 is 22.7. The van der Waals surface area contributed by atoms with E-state index in [4.69, 9.17) is 14.6 Å². The number of carbonyl (C=O) groups is 1. The van der Waals surface area contributed by atoms with Crippen molar-refractivity contribution in [3.05, 3.63) is 29.6 Å². The van der Waals surface area contributed by atoms with E-state index in [2.05, 4.69) is 0 Å². The third-order valence-corrected chi connectivity index (χ3v) is 2.20. The highest BCUT2D eigenvalue weighted by atomic mass is 19.1. The summed E-state index contributed by atoms with van der Waals surface area (Å²) >= 11 is 0. The van der Waals surface area contributed by atoms with Gasteiger partial charge >= 0.3 is 5.97 Å². The Labute approximate surface area is 92.6 Å². The molecule has 0 spiro atoms. The van der Waals surface area contributed by atoms with Crippen LogP contribution in [-0.4, -0.2) is 31.4 Å². The summed E-state index contributed by atoms with van der Waals surface area (Å²) in [7, 11) is 2.67. The molecule has 1 unspecified atom stereocenters. The molecule has 0 saturated carbocycles. The van der Waals surface area contributed by atoms with Gasteiger partial charge in [-0.25, -0.2) is 9.18 Å². The highest BCUT2D eigenvalue weighted by molar-refractivity contribution is 5.72. The maximum Gasteiger partial charge on any atom is 0.333 e. The second kappa shape index (κ2) is 5.46. The van der Waals surface area contributed by atoms with Gasteiger partial charge in [-0.1, -0.05) is 6.07 Å². The van der Waals surface area contributed by atoms with Crippen molar-refractivity contribution >= 4 is 5.97 Å². The predicted molar refractivity (Wildman–Crippen MR) is 55.1 cm³/mol. The average molecular weight is 228 g/mol. The van der Waals surface area contributed by atoms with Gasteiger partial charge in [0.15, 0.2) is 17.7 Å². The summed E-state index contributed by atoms with van der Waals surface area (Å²) in [6.45, 7) is 0. The molecule has 0 aromatic heterocycles. The molecule has 1 aromatic carbocycles. The molecule has 0 aliphatic heterocycles. The molecule has 0 aliphatic carbocycles. The first-order chi connectivity index (χ1) is 7.58. The third-order valence-electron chi connectivity index (χ3n) is 2.20. The normalized spacial score (nSPS) is 12.2. The number of ether oxygens (including phenoxy) is 2. The minimum absolute atomic E-state index is 0.0951. The summed E-state index contributed by atoms with van der Waals surface area (Å²) in [5, 5.41) is 8.79. The fourth-order valence-electron chi connectivity index (χ4n) is 1.32. The minimum atomic E-state index is -1.05. The second-order valence-corrected chi connectivity index (χ2v) is 3.24. The molecule has 0 bridgehead atoms. The van der Waals surface area contributed by atoms with E-state index in [1.807, 2.05) is 0 Å². The number of hydrogen-bond donors (Lipinski definition) is 1. The Balaban J connectivity index is 2.84. The zero-order valence-corrected chi connectivity index (χ0v) is 9.07. The van der Waals surface area contributed by atoms with Gasteiger partial charge in [0, 0.05) is 13.5 Å². The Morgan fingerprint density at radius 2 is 2.19 bits per heavy atom. The van der Waals surface area contributed by atoms with Crippen molar-refractivity contribution in [2.75, 3.05) is 14.2 Å². The molecule has 5 heteroatoms. The van der Waals surface area contributed by atoms with E-state index in [0.29, 0.717) is 5.56 Å². The maximum atomic E-state index is 13.1. The molecule has 1 N–H and O–H groups in total. The molecule has 0 amide bonds. The molecular formula is C11H13FO4. The molecule has 1 atom stereocenters. The third kappa shape index (κ3) is 2.93. The topological polar surface area (TPSA) is 55.8 Å². The van der Waals surface area contributed by atoms with Crippen LogP contribution in [0.5, 0.6) is 5.75 Å².